The lowest BCUT2D eigenvalue weighted by Crippen LogP contribution is -2.38. The summed E-state index contributed by atoms with van der Waals surface area (Å²) in [6.45, 7) is 2.50. The average molecular weight is 1090 g/mol. The molecule has 0 aromatic heterocycles. The molecule has 0 amide bonds. The van der Waals surface area contributed by atoms with E-state index in [9.17, 15) is 10.2 Å². The molecule has 2 atom stereocenters. The molecule has 0 bridgehead atoms. The molecule has 4 aliphatic rings. The summed E-state index contributed by atoms with van der Waals surface area (Å²) in [4.78, 5) is 4.26. The molecule has 4 aliphatic heterocycles. The molecule has 2 unspecified atom stereocenters. The minimum Gasteiger partial charge on any atom is -0.508 e. The van der Waals surface area contributed by atoms with Crippen LogP contribution in [0.4, 0.5) is 0 Å². The summed E-state index contributed by atoms with van der Waals surface area (Å²) in [7, 11) is -3.61. The van der Waals surface area contributed by atoms with Crippen LogP contribution in [0, 0.1) is 0 Å². The van der Waals surface area contributed by atoms with Gasteiger partial charge in [0.2, 0.25) is 0 Å². The smallest absolute Gasteiger partial charge is 0.296 e. The maximum atomic E-state index is 16.6. The van der Waals surface area contributed by atoms with Crippen molar-refractivity contribution in [2.24, 2.45) is 0 Å². The largest absolute Gasteiger partial charge is 0.508 e. The summed E-state index contributed by atoms with van der Waals surface area (Å²) in [6.07, 6.45) is 0. The average Bonchev–Trinajstić information content (AvgIpc) is 1.85. The molecule has 0 spiro atoms. The Kier molecular flexibility index (Phi) is 12.9. The van der Waals surface area contributed by atoms with Crippen LogP contribution < -0.4 is 29.1 Å². The molecule has 4 heterocycles. The van der Waals surface area contributed by atoms with E-state index in [2.05, 4.69) is 52.3 Å². The summed E-state index contributed by atoms with van der Waals surface area (Å²) in [6, 6.07) is 77.2. The van der Waals surface area contributed by atoms with Crippen LogP contribution in [-0.4, -0.2) is 47.6 Å². The monoisotopic (exact) mass is 1090 g/mol. The van der Waals surface area contributed by atoms with Crippen molar-refractivity contribution >= 4 is 25.3 Å². The van der Waals surface area contributed by atoms with E-state index in [0.29, 0.717) is 46.7 Å². The van der Waals surface area contributed by atoms with E-state index in [1.807, 2.05) is 166 Å². The van der Waals surface area contributed by atoms with Crippen molar-refractivity contribution in [3.63, 3.8) is 0 Å². The predicted octanol–water partition coefficient (Wildman–Crippen LogP) is 14.3. The highest BCUT2D eigenvalue weighted by Gasteiger charge is 2.60. The molecule has 396 valence electrons. The maximum absolute atomic E-state index is 16.6. The minimum absolute atomic E-state index is 0.111. The zero-order chi connectivity index (χ0) is 54.6. The van der Waals surface area contributed by atoms with Gasteiger partial charge >= 0.3 is 0 Å². The van der Waals surface area contributed by atoms with E-state index in [1.165, 1.54) is 0 Å². The first-order chi connectivity index (χ1) is 39.0. The van der Waals surface area contributed by atoms with Crippen molar-refractivity contribution in [2.75, 3.05) is 27.6 Å². The first-order valence-corrected chi connectivity index (χ1v) is 29.8. The molecule has 80 heavy (non-hydrogen) atoms. The van der Waals surface area contributed by atoms with Gasteiger partial charge in [-0.05, 0) is 131 Å². The predicted molar refractivity (Wildman–Crippen MR) is 315 cm³/mol. The lowest BCUT2D eigenvalue weighted by molar-refractivity contribution is 0.121. The molecule has 0 saturated heterocycles. The fraction of sp³-hybridized carbons (Fsp3) is 0.118. The van der Waals surface area contributed by atoms with Crippen LogP contribution in [0.1, 0.15) is 44.5 Å². The van der Waals surface area contributed by atoms with Gasteiger partial charge in [-0.3, -0.25) is 18.9 Å². The van der Waals surface area contributed by atoms with Crippen LogP contribution in [0.2, 0.25) is 0 Å². The van der Waals surface area contributed by atoms with Gasteiger partial charge in [-0.2, -0.15) is 0 Å². The number of hydrogen-bond acceptors (Lipinski definition) is 10. The van der Waals surface area contributed by atoms with Gasteiger partial charge in [0, 0.05) is 35.3 Å². The number of rotatable bonds is 8. The van der Waals surface area contributed by atoms with E-state index >= 15 is 9.13 Å². The normalized spacial score (nSPS) is 18.0. The number of hydrogen-bond donors (Lipinski definition) is 2. The van der Waals surface area contributed by atoms with Gasteiger partial charge in [-0.25, -0.2) is 0 Å². The lowest BCUT2D eigenvalue weighted by atomic mass is 9.82. The van der Waals surface area contributed by atoms with Gasteiger partial charge in [0.05, 0.1) is 10.6 Å². The van der Waals surface area contributed by atoms with E-state index in [4.69, 9.17) is 18.5 Å². The molecule has 0 radical (unpaired) electrons. The van der Waals surface area contributed by atoms with Crippen LogP contribution in [0.3, 0.4) is 0 Å². The fourth-order valence-corrected chi connectivity index (χ4v) is 18.8. The highest BCUT2D eigenvalue weighted by molar-refractivity contribution is 7.70. The number of benzene rings is 10. The fourth-order valence-electron chi connectivity index (χ4n) is 12.3. The van der Waals surface area contributed by atoms with Gasteiger partial charge in [-0.1, -0.05) is 170 Å². The van der Waals surface area contributed by atoms with Crippen molar-refractivity contribution in [1.82, 2.24) is 9.80 Å². The van der Waals surface area contributed by atoms with Gasteiger partial charge in [0.1, 0.15) is 58.3 Å². The van der Waals surface area contributed by atoms with Crippen molar-refractivity contribution in [3.05, 3.63) is 287 Å². The second-order valence-electron chi connectivity index (χ2n) is 20.8. The number of phenols is 2. The molecule has 0 saturated carbocycles. The Morgan fingerprint density at radius 1 is 0.362 bits per heavy atom. The van der Waals surface area contributed by atoms with Crippen LogP contribution in [0.5, 0.6) is 34.5 Å². The van der Waals surface area contributed by atoms with Crippen LogP contribution in [0.25, 0.3) is 22.3 Å². The number of para-hydroxylation sites is 2. The molecular formula is C68H56N2O8P2. The standard InChI is InChI=1S/C37H33N2O4P.C31H23O4P/c1-38-22-26-20-29(16-18-33(26)41-24-38)37(28-10-4-3-5-11-28,30-17-19-34-27(21-30)23-39(2)25-42-34)44(40)36-15-9-7-13-32(36)31-12-6-8-14-35(31)43-44;32-25-18-14-23(15-19-25)31(22-8-2-1-3-9-22,24-16-20-26(33)21-17-24)36(34)30-13-7-5-11-28(30)27-10-4-6-12-29(27)35-36/h3-21H,22-25H2,1-2H3;1-21,32-33H. The van der Waals surface area contributed by atoms with Crippen LogP contribution in [0.15, 0.2) is 243 Å². The third kappa shape index (κ3) is 8.16. The topological polar surface area (TPSA) is 118 Å². The quantitative estimate of drug-likeness (QED) is 0.112. The Bertz CT molecular complexity index is 3950. The molecule has 2 N–H and O–H groups in total. The molecular weight excluding hydrogens is 1030 g/mol. The molecule has 14 rings (SSSR count). The summed E-state index contributed by atoms with van der Waals surface area (Å²) < 4.78 is 58.3. The highest BCUT2D eigenvalue weighted by Crippen LogP contribution is 2.73. The number of nitrogens with zero attached hydrogens (tertiary/aromatic N) is 2. The van der Waals surface area contributed by atoms with E-state index in [1.54, 1.807) is 48.5 Å². The Morgan fingerprint density at radius 3 is 1.10 bits per heavy atom. The molecule has 12 heteroatoms. The lowest BCUT2D eigenvalue weighted by Gasteiger charge is -2.45. The van der Waals surface area contributed by atoms with Gasteiger partial charge in [0.15, 0.2) is 0 Å². The Labute approximate surface area is 465 Å². The van der Waals surface area contributed by atoms with E-state index in [0.717, 1.165) is 80.2 Å². The Balaban J connectivity index is 0.000000154. The summed E-state index contributed by atoms with van der Waals surface area (Å²) in [5.41, 5.74) is 10.6. The first kappa shape index (κ1) is 50.9. The van der Waals surface area contributed by atoms with Gasteiger partial charge in [-0.15, -0.1) is 0 Å². The third-order valence-electron chi connectivity index (χ3n) is 15.8. The van der Waals surface area contributed by atoms with E-state index in [-0.39, 0.29) is 11.5 Å². The number of fused-ring (bicyclic) bond motifs is 8. The molecule has 0 aliphatic carbocycles. The molecule has 10 nitrogen and oxygen atoms in total. The van der Waals surface area contributed by atoms with Crippen molar-refractivity contribution in [3.8, 4) is 56.8 Å². The number of ether oxygens (including phenoxy) is 2. The number of phenolic OH excluding ortho intramolecular Hbond substituents is 2. The Hall–Kier alpha value is -8.62. The first-order valence-electron chi connectivity index (χ1n) is 26.6. The van der Waals surface area contributed by atoms with Crippen molar-refractivity contribution in [2.45, 2.75) is 23.4 Å². The summed E-state index contributed by atoms with van der Waals surface area (Å²) in [5, 5.41) is 19.1. The summed E-state index contributed by atoms with van der Waals surface area (Å²) in [5.74, 6) is 3.10. The second-order valence-corrected chi connectivity index (χ2v) is 25.7. The van der Waals surface area contributed by atoms with Crippen molar-refractivity contribution < 1.29 is 37.9 Å². The van der Waals surface area contributed by atoms with Gasteiger partial charge in [0.25, 0.3) is 14.7 Å². The molecule has 0 fully saturated rings. The molecule has 10 aromatic carbocycles. The SMILES string of the molecule is CN1COc2ccc(C(c3ccccc3)(c3ccc4c(c3)CN(C)CO4)P3(=O)Oc4ccccc4-c4ccccc43)cc2C1.O=P1(C(c2ccccc2)(c2ccc(O)cc2)c2ccc(O)cc2)Oc2ccccc2-c2ccccc21. The second kappa shape index (κ2) is 20.2. The van der Waals surface area contributed by atoms with E-state index < -0.39 is 25.0 Å². The third-order valence-corrected chi connectivity index (χ3v) is 22.1. The van der Waals surface area contributed by atoms with Crippen LogP contribution >= 0.6 is 14.7 Å². The molecule has 10 aromatic rings. The van der Waals surface area contributed by atoms with Gasteiger partial charge < -0.3 is 28.7 Å². The maximum Gasteiger partial charge on any atom is 0.296 e. The summed E-state index contributed by atoms with van der Waals surface area (Å²) >= 11 is 0. The van der Waals surface area contributed by atoms with Crippen molar-refractivity contribution in [1.29, 1.82) is 0 Å². The Morgan fingerprint density at radius 2 is 0.688 bits per heavy atom. The minimum atomic E-state index is -3.85. The van der Waals surface area contributed by atoms with Crippen LogP contribution in [-0.2, 0) is 32.5 Å². The highest BCUT2D eigenvalue weighted by atomic mass is 31.2. The number of aromatic hydroxyl groups is 2. The zero-order valence-corrected chi connectivity index (χ0v) is 45.8. The zero-order valence-electron chi connectivity index (χ0n) is 44.1.